The average Bonchev–Trinajstić information content (AvgIpc) is 3.65. The molecule has 220 valence electrons. The third-order valence-corrected chi connectivity index (χ3v) is 9.29. The molecule has 3 aromatic carbocycles. The quantitative estimate of drug-likeness (QED) is 0.277. The van der Waals surface area contributed by atoms with Crippen LogP contribution in [0.3, 0.4) is 0 Å². The lowest BCUT2D eigenvalue weighted by Crippen LogP contribution is -2.59. The van der Waals surface area contributed by atoms with E-state index in [0.717, 1.165) is 30.2 Å². The van der Waals surface area contributed by atoms with E-state index in [9.17, 15) is 10.2 Å². The van der Waals surface area contributed by atoms with Crippen LogP contribution in [0, 0.1) is 11.2 Å². The Kier molecular flexibility index (Phi) is 6.51. The first kappa shape index (κ1) is 27.6. The van der Waals surface area contributed by atoms with E-state index in [1.54, 1.807) is 12.1 Å². The van der Waals surface area contributed by atoms with Crippen molar-refractivity contribution < 1.29 is 19.3 Å². The molecule has 3 heterocycles. The van der Waals surface area contributed by atoms with E-state index in [1.807, 2.05) is 38.4 Å². The minimum absolute atomic E-state index is 0.0189. The highest BCUT2D eigenvalue weighted by molar-refractivity contribution is 6.35. The highest BCUT2D eigenvalue weighted by Crippen LogP contribution is 2.47. The first-order valence-corrected chi connectivity index (χ1v) is 14.8. The maximum atomic E-state index is 16.8. The smallest absolute Gasteiger partial charge is 0.319 e. The number of nitrogens with zero attached hydrogens (tertiary/aromatic N) is 4. The number of aliphatic hydroxyl groups is 1. The van der Waals surface area contributed by atoms with E-state index in [-0.39, 0.29) is 44.9 Å². The molecule has 4 aromatic rings. The summed E-state index contributed by atoms with van der Waals surface area (Å²) in [5.74, 6) is -0.0432. The molecule has 8 nitrogen and oxygen atoms in total. The number of piperazine rings is 1. The van der Waals surface area contributed by atoms with Gasteiger partial charge in [-0.3, -0.25) is 0 Å². The predicted octanol–water partition coefficient (Wildman–Crippen LogP) is 4.97. The van der Waals surface area contributed by atoms with Crippen LogP contribution in [0.25, 0.3) is 32.8 Å². The topological polar surface area (TPSA) is 94.0 Å². The van der Waals surface area contributed by atoms with Gasteiger partial charge in [0, 0.05) is 41.5 Å². The third kappa shape index (κ3) is 4.82. The van der Waals surface area contributed by atoms with Crippen molar-refractivity contribution in [3.63, 3.8) is 0 Å². The van der Waals surface area contributed by atoms with Gasteiger partial charge in [-0.25, -0.2) is 4.39 Å². The van der Waals surface area contributed by atoms with Crippen LogP contribution in [0.1, 0.15) is 26.2 Å². The lowest BCUT2D eigenvalue weighted by atomic mass is 9.96. The maximum Gasteiger partial charge on any atom is 0.319 e. The van der Waals surface area contributed by atoms with Crippen LogP contribution in [-0.2, 0) is 0 Å². The molecule has 10 heteroatoms. The van der Waals surface area contributed by atoms with Gasteiger partial charge in [0.25, 0.3) is 0 Å². The van der Waals surface area contributed by atoms with Gasteiger partial charge in [-0.05, 0) is 74.8 Å². The number of phenols is 1. The molecule has 2 aliphatic heterocycles. The van der Waals surface area contributed by atoms with Crippen LogP contribution in [0.4, 0.5) is 10.2 Å². The Morgan fingerprint density at radius 1 is 1.17 bits per heavy atom. The summed E-state index contributed by atoms with van der Waals surface area (Å²) < 4.78 is 23.0. The van der Waals surface area contributed by atoms with Crippen LogP contribution in [-0.4, -0.2) is 83.1 Å². The van der Waals surface area contributed by atoms with Gasteiger partial charge in [0.05, 0.1) is 23.8 Å². The number of aromatic hydroxyl groups is 1. The van der Waals surface area contributed by atoms with E-state index in [2.05, 4.69) is 27.0 Å². The zero-order valence-corrected chi connectivity index (χ0v) is 24.7. The van der Waals surface area contributed by atoms with E-state index in [1.165, 1.54) is 6.07 Å². The van der Waals surface area contributed by atoms with Crippen molar-refractivity contribution in [1.82, 2.24) is 20.2 Å². The summed E-state index contributed by atoms with van der Waals surface area (Å²) in [6, 6.07) is 12.4. The van der Waals surface area contributed by atoms with E-state index in [0.29, 0.717) is 42.9 Å². The third-order valence-electron chi connectivity index (χ3n) is 8.99. The minimum Gasteiger partial charge on any atom is -0.508 e. The Hall–Kier alpha value is -3.24. The molecule has 0 amide bonds. The van der Waals surface area contributed by atoms with Crippen molar-refractivity contribution in [2.24, 2.45) is 5.41 Å². The van der Waals surface area contributed by atoms with Crippen molar-refractivity contribution in [3.05, 3.63) is 53.3 Å². The molecule has 3 N–H and O–H groups in total. The maximum absolute atomic E-state index is 16.8. The number of halogens is 2. The van der Waals surface area contributed by atoms with Gasteiger partial charge >= 0.3 is 6.01 Å². The highest BCUT2D eigenvalue weighted by Gasteiger charge is 2.47. The number of rotatable bonds is 7. The molecule has 1 saturated carbocycles. The largest absolute Gasteiger partial charge is 0.508 e. The van der Waals surface area contributed by atoms with Gasteiger partial charge in [0.1, 0.15) is 17.1 Å². The van der Waals surface area contributed by atoms with Gasteiger partial charge in [-0.15, -0.1) is 0 Å². The highest BCUT2D eigenvalue weighted by atomic mass is 35.5. The number of anilines is 1. The summed E-state index contributed by atoms with van der Waals surface area (Å²) in [5.41, 5.74) is 0.485. The summed E-state index contributed by atoms with van der Waals surface area (Å²) in [5, 5.41) is 26.9. The lowest BCUT2D eigenvalue weighted by molar-refractivity contribution is 0.162. The van der Waals surface area contributed by atoms with Crippen molar-refractivity contribution >= 4 is 39.1 Å². The van der Waals surface area contributed by atoms with E-state index < -0.39 is 11.9 Å². The lowest BCUT2D eigenvalue weighted by Gasteiger charge is -2.40. The van der Waals surface area contributed by atoms with Crippen LogP contribution in [0.2, 0.25) is 5.02 Å². The monoisotopic (exact) mass is 591 g/mol. The molecule has 3 fully saturated rings. The molecule has 1 aliphatic carbocycles. The molecule has 2 bridgehead atoms. The number of phenolic OH excluding ortho intramolecular Hbond substituents is 1. The standard InChI is InChI=1S/C32H35ClFN5O3/c1-31-13-25(41)24(37-31)14-39(15-31)29-22-12-23(33)26(21-11-19(40)10-18-6-4-5-7-20(18)21)27(34)28(22)35-30(36-29)42-17-32(8-9-32)16-38(2)3/h4-7,10-12,24-25,37,40-41H,8-9,13-17H2,1-3H3. The second kappa shape index (κ2) is 9.91. The molecule has 3 aliphatic rings. The normalized spacial score (nSPS) is 24.6. The van der Waals surface area contributed by atoms with Crippen molar-refractivity contribution in [2.45, 2.75) is 43.9 Å². The summed E-state index contributed by atoms with van der Waals surface area (Å²) in [6.45, 7) is 4.50. The summed E-state index contributed by atoms with van der Waals surface area (Å²) in [6.07, 6.45) is 2.26. The van der Waals surface area contributed by atoms with Crippen molar-refractivity contribution in [3.8, 4) is 22.9 Å². The Morgan fingerprint density at radius 3 is 2.69 bits per heavy atom. The zero-order chi connectivity index (χ0) is 29.4. The number of fused-ring (bicyclic) bond motifs is 4. The van der Waals surface area contributed by atoms with Crippen LogP contribution >= 0.6 is 11.6 Å². The van der Waals surface area contributed by atoms with Gasteiger partial charge in [0.15, 0.2) is 5.82 Å². The van der Waals surface area contributed by atoms with Gasteiger partial charge in [-0.2, -0.15) is 9.97 Å². The second-order valence-corrected chi connectivity index (χ2v) is 13.4. The molecule has 42 heavy (non-hydrogen) atoms. The van der Waals surface area contributed by atoms with E-state index >= 15 is 4.39 Å². The van der Waals surface area contributed by atoms with Gasteiger partial charge in [0.2, 0.25) is 0 Å². The molecular weight excluding hydrogens is 557 g/mol. The van der Waals surface area contributed by atoms with Crippen molar-refractivity contribution in [1.29, 1.82) is 0 Å². The number of hydrogen-bond acceptors (Lipinski definition) is 8. The number of ether oxygens (including phenoxy) is 1. The van der Waals surface area contributed by atoms with E-state index in [4.69, 9.17) is 21.3 Å². The molecular formula is C32H35ClFN5O3. The van der Waals surface area contributed by atoms with Crippen molar-refractivity contribution in [2.75, 3.05) is 45.2 Å². The summed E-state index contributed by atoms with van der Waals surface area (Å²) in [4.78, 5) is 13.7. The fourth-order valence-electron chi connectivity index (χ4n) is 7.00. The Morgan fingerprint density at radius 2 is 1.95 bits per heavy atom. The van der Waals surface area contributed by atoms with Gasteiger partial charge in [-0.1, -0.05) is 35.9 Å². The minimum atomic E-state index is -0.597. The molecule has 0 radical (unpaired) electrons. The van der Waals surface area contributed by atoms with Crippen LogP contribution < -0.4 is 15.0 Å². The first-order valence-electron chi connectivity index (χ1n) is 14.4. The first-order chi connectivity index (χ1) is 20.0. The average molecular weight is 592 g/mol. The fraction of sp³-hybridized carbons (Fsp3) is 0.438. The molecule has 0 spiro atoms. The van der Waals surface area contributed by atoms with Crippen LogP contribution in [0.5, 0.6) is 11.8 Å². The molecule has 7 rings (SSSR count). The zero-order valence-electron chi connectivity index (χ0n) is 24.0. The number of aliphatic hydroxyl groups excluding tert-OH is 1. The Labute approximate surface area is 249 Å². The fourth-order valence-corrected chi connectivity index (χ4v) is 7.29. The number of benzene rings is 3. The molecule has 1 aromatic heterocycles. The molecule has 2 saturated heterocycles. The predicted molar refractivity (Wildman–Crippen MR) is 163 cm³/mol. The second-order valence-electron chi connectivity index (χ2n) is 13.0. The van der Waals surface area contributed by atoms with Crippen LogP contribution in [0.15, 0.2) is 42.5 Å². The number of hydrogen-bond donors (Lipinski definition) is 3. The Bertz CT molecular complexity index is 1710. The SMILES string of the molecule is CN(C)CC1(COc2nc(N3CC4NC(C)(CC4O)C3)c3cc(Cl)c(-c4cc(O)cc5ccccc45)c(F)c3n2)CC1. The summed E-state index contributed by atoms with van der Waals surface area (Å²) in [7, 11) is 4.09. The number of nitrogens with one attached hydrogen (secondary N) is 1. The summed E-state index contributed by atoms with van der Waals surface area (Å²) >= 11 is 6.86. The Balaban J connectivity index is 1.38. The van der Waals surface area contributed by atoms with Gasteiger partial charge < -0.3 is 30.1 Å². The molecule has 3 atom stereocenters. The number of aromatic nitrogens is 2. The molecule has 3 unspecified atom stereocenters.